The Bertz CT molecular complexity index is 701. The second kappa shape index (κ2) is 6.19. The standard InChI is InChI=1S/C16H20N4O2/c1-11(12(2)20-8-5-7-18-20)17-10-14-13(3)22-16(19-14)15-6-4-9-21-15/h4-9,11-12,17H,10H2,1-3H3/t11-,12+/m0/s1. The van der Waals surface area contributed by atoms with Gasteiger partial charge in [-0.3, -0.25) is 4.68 Å². The lowest BCUT2D eigenvalue weighted by Gasteiger charge is -2.21. The Hall–Kier alpha value is -2.34. The van der Waals surface area contributed by atoms with Crippen molar-refractivity contribution in [1.29, 1.82) is 0 Å². The number of nitrogens with zero attached hydrogens (tertiary/aromatic N) is 3. The monoisotopic (exact) mass is 300 g/mol. The van der Waals surface area contributed by atoms with E-state index >= 15 is 0 Å². The molecule has 0 aliphatic heterocycles. The van der Waals surface area contributed by atoms with E-state index in [-0.39, 0.29) is 12.1 Å². The number of furan rings is 1. The highest BCUT2D eigenvalue weighted by Crippen LogP contribution is 2.22. The maximum Gasteiger partial charge on any atom is 0.263 e. The van der Waals surface area contributed by atoms with Gasteiger partial charge in [0.25, 0.3) is 5.89 Å². The third-order valence-electron chi connectivity index (χ3n) is 3.88. The molecule has 0 amide bonds. The molecule has 3 rings (SSSR count). The number of hydrogen-bond acceptors (Lipinski definition) is 5. The van der Waals surface area contributed by atoms with Crippen LogP contribution in [0.5, 0.6) is 0 Å². The van der Waals surface area contributed by atoms with Crippen LogP contribution in [-0.2, 0) is 6.54 Å². The molecule has 0 saturated carbocycles. The van der Waals surface area contributed by atoms with Crippen LogP contribution in [0.15, 0.2) is 45.7 Å². The first-order valence-corrected chi connectivity index (χ1v) is 7.38. The first-order valence-electron chi connectivity index (χ1n) is 7.38. The van der Waals surface area contributed by atoms with Gasteiger partial charge >= 0.3 is 0 Å². The summed E-state index contributed by atoms with van der Waals surface area (Å²) in [4.78, 5) is 4.50. The summed E-state index contributed by atoms with van der Waals surface area (Å²) in [7, 11) is 0. The van der Waals surface area contributed by atoms with Crippen molar-refractivity contribution in [2.75, 3.05) is 0 Å². The van der Waals surface area contributed by atoms with Crippen LogP contribution in [0.25, 0.3) is 11.7 Å². The van der Waals surface area contributed by atoms with Gasteiger partial charge in [0.1, 0.15) is 5.76 Å². The van der Waals surface area contributed by atoms with Crippen LogP contribution in [-0.4, -0.2) is 20.8 Å². The van der Waals surface area contributed by atoms with Crippen molar-refractivity contribution in [2.45, 2.75) is 39.4 Å². The van der Waals surface area contributed by atoms with Crippen LogP contribution in [0.3, 0.4) is 0 Å². The van der Waals surface area contributed by atoms with E-state index < -0.39 is 0 Å². The normalized spacial score (nSPS) is 14.1. The van der Waals surface area contributed by atoms with E-state index in [1.165, 1.54) is 0 Å². The molecule has 116 valence electrons. The molecule has 0 aliphatic carbocycles. The lowest BCUT2D eigenvalue weighted by molar-refractivity contribution is 0.363. The maximum atomic E-state index is 5.66. The van der Waals surface area contributed by atoms with Gasteiger partial charge in [0.05, 0.1) is 18.0 Å². The van der Waals surface area contributed by atoms with Gasteiger partial charge in [0.2, 0.25) is 0 Å². The molecule has 0 bridgehead atoms. The number of hydrogen-bond donors (Lipinski definition) is 1. The Kier molecular flexibility index (Phi) is 4.11. The van der Waals surface area contributed by atoms with Crippen molar-refractivity contribution in [1.82, 2.24) is 20.1 Å². The summed E-state index contributed by atoms with van der Waals surface area (Å²) in [6.45, 7) is 6.82. The molecule has 3 heterocycles. The average Bonchev–Trinajstić information content (AvgIpc) is 3.25. The SMILES string of the molecule is Cc1oc(-c2ccco2)nc1CN[C@@H](C)[C@@H](C)n1cccn1. The number of nitrogens with one attached hydrogen (secondary N) is 1. The smallest absolute Gasteiger partial charge is 0.263 e. The predicted octanol–water partition coefficient (Wildman–Crippen LogP) is 3.18. The van der Waals surface area contributed by atoms with Gasteiger partial charge in [0.15, 0.2) is 5.76 Å². The number of aryl methyl sites for hydroxylation is 1. The molecule has 3 aromatic rings. The molecule has 0 fully saturated rings. The molecule has 6 nitrogen and oxygen atoms in total. The molecule has 22 heavy (non-hydrogen) atoms. The zero-order chi connectivity index (χ0) is 15.5. The molecule has 0 saturated heterocycles. The van der Waals surface area contributed by atoms with Crippen LogP contribution in [0, 0.1) is 6.92 Å². The molecule has 0 spiro atoms. The Labute approximate surface area is 129 Å². The summed E-state index contributed by atoms with van der Waals surface area (Å²) in [6.07, 6.45) is 5.38. The zero-order valence-electron chi connectivity index (χ0n) is 13.0. The van der Waals surface area contributed by atoms with Gasteiger partial charge in [-0.2, -0.15) is 5.10 Å². The predicted molar refractivity (Wildman–Crippen MR) is 82.2 cm³/mol. The highest BCUT2D eigenvalue weighted by atomic mass is 16.4. The van der Waals surface area contributed by atoms with Gasteiger partial charge in [-0.1, -0.05) is 0 Å². The summed E-state index contributed by atoms with van der Waals surface area (Å²) in [6, 6.07) is 6.10. The molecule has 2 atom stereocenters. The zero-order valence-corrected chi connectivity index (χ0v) is 13.0. The average molecular weight is 300 g/mol. The Morgan fingerprint density at radius 1 is 1.32 bits per heavy atom. The summed E-state index contributed by atoms with van der Waals surface area (Å²) in [5.74, 6) is 1.97. The molecule has 6 heteroatoms. The second-order valence-electron chi connectivity index (χ2n) is 5.40. The summed E-state index contributed by atoms with van der Waals surface area (Å²) < 4.78 is 12.9. The lowest BCUT2D eigenvalue weighted by atomic mass is 10.1. The van der Waals surface area contributed by atoms with Crippen LogP contribution in [0.4, 0.5) is 0 Å². The lowest BCUT2D eigenvalue weighted by Crippen LogP contribution is -2.33. The van der Waals surface area contributed by atoms with Crippen molar-refractivity contribution in [3.05, 3.63) is 48.3 Å². The highest BCUT2D eigenvalue weighted by Gasteiger charge is 2.17. The van der Waals surface area contributed by atoms with E-state index in [1.54, 1.807) is 12.5 Å². The largest absolute Gasteiger partial charge is 0.459 e. The minimum atomic E-state index is 0.253. The quantitative estimate of drug-likeness (QED) is 0.757. The number of oxazole rings is 1. The van der Waals surface area contributed by atoms with Crippen LogP contribution < -0.4 is 5.32 Å². The van der Waals surface area contributed by atoms with E-state index in [9.17, 15) is 0 Å². The van der Waals surface area contributed by atoms with Crippen molar-refractivity contribution in [3.8, 4) is 11.7 Å². The molecule has 0 aromatic carbocycles. The van der Waals surface area contributed by atoms with Gasteiger partial charge in [-0.15, -0.1) is 0 Å². The fourth-order valence-corrected chi connectivity index (χ4v) is 2.28. The molecule has 3 aromatic heterocycles. The topological polar surface area (TPSA) is 69.0 Å². The summed E-state index contributed by atoms with van der Waals surface area (Å²) >= 11 is 0. The molecule has 0 unspecified atom stereocenters. The highest BCUT2D eigenvalue weighted by molar-refractivity contribution is 5.44. The van der Waals surface area contributed by atoms with Gasteiger partial charge in [-0.05, 0) is 39.0 Å². The van der Waals surface area contributed by atoms with Gasteiger partial charge < -0.3 is 14.2 Å². The van der Waals surface area contributed by atoms with E-state index in [0.717, 1.165) is 11.5 Å². The Morgan fingerprint density at radius 2 is 2.18 bits per heavy atom. The minimum Gasteiger partial charge on any atom is -0.459 e. The van der Waals surface area contributed by atoms with Crippen molar-refractivity contribution < 1.29 is 8.83 Å². The Morgan fingerprint density at radius 3 is 2.86 bits per heavy atom. The van der Waals surface area contributed by atoms with Crippen molar-refractivity contribution >= 4 is 0 Å². The van der Waals surface area contributed by atoms with Crippen molar-refractivity contribution in [3.63, 3.8) is 0 Å². The second-order valence-corrected chi connectivity index (χ2v) is 5.40. The maximum absolute atomic E-state index is 5.66. The minimum absolute atomic E-state index is 0.253. The Balaban J connectivity index is 1.64. The van der Waals surface area contributed by atoms with Crippen LogP contribution in [0.2, 0.25) is 0 Å². The molecular formula is C16H20N4O2. The summed E-state index contributed by atoms with van der Waals surface area (Å²) in [5, 5.41) is 7.75. The molecule has 1 N–H and O–H groups in total. The molecular weight excluding hydrogens is 280 g/mol. The van der Waals surface area contributed by atoms with E-state index in [1.807, 2.05) is 36.0 Å². The van der Waals surface area contributed by atoms with Gasteiger partial charge in [0, 0.05) is 25.0 Å². The molecule has 0 aliphatic rings. The number of rotatable bonds is 6. The van der Waals surface area contributed by atoms with Gasteiger partial charge in [-0.25, -0.2) is 4.98 Å². The first kappa shape index (κ1) is 14.6. The van der Waals surface area contributed by atoms with E-state index in [0.29, 0.717) is 18.2 Å². The third kappa shape index (κ3) is 2.96. The first-order chi connectivity index (χ1) is 10.6. The fourth-order valence-electron chi connectivity index (χ4n) is 2.28. The fraction of sp³-hybridized carbons (Fsp3) is 0.375. The number of aromatic nitrogens is 3. The third-order valence-corrected chi connectivity index (χ3v) is 3.88. The van der Waals surface area contributed by atoms with Crippen LogP contribution in [0.1, 0.15) is 31.3 Å². The van der Waals surface area contributed by atoms with E-state index in [2.05, 4.69) is 29.2 Å². The van der Waals surface area contributed by atoms with Crippen molar-refractivity contribution in [2.24, 2.45) is 0 Å². The van der Waals surface area contributed by atoms with E-state index in [4.69, 9.17) is 8.83 Å². The summed E-state index contributed by atoms with van der Waals surface area (Å²) in [5.41, 5.74) is 0.894. The van der Waals surface area contributed by atoms with Crippen LogP contribution >= 0.6 is 0 Å². The molecule has 0 radical (unpaired) electrons.